The third-order valence-corrected chi connectivity index (χ3v) is 17.9. The standard InChI is InChI=1S/C61H89N9O11S2/c1-9-39(4)54(67-57(76)48-24-17-20-31-68(48)7)60(78)69(8)49(38(2)3)35-50(81-41(6)71)58-66-47(37-82-58)56(75)64-44(33-40(5)61(79)80)34-42-26-28-43(29-27-42)63-55(74)46(23-16-18-30-62)65-52(72)25-15-12-19-32-70-53(73)36-51(59(70)77)83-45-21-13-10-11-14-22-45/h10-11,13-14,21,26-29,37-40,44,46,48-51,54H,9,12,15-20,22-25,30-36,62H2,1-8H3,(H,63,74)(H,64,75)(H,65,72)(H,67,76)(H,79,80)/t39-,40?,44+,46-,48+,49+,50+,51?,54-/m0/s1. The van der Waals surface area contributed by atoms with Crippen molar-refractivity contribution >= 4 is 82.1 Å². The average molecular weight is 1190 g/mol. The molecule has 7 amide bonds. The quantitative estimate of drug-likeness (QED) is 0.0230. The minimum absolute atomic E-state index is 0.0367. The summed E-state index contributed by atoms with van der Waals surface area (Å²) >= 11 is 2.56. The Morgan fingerprint density at radius 1 is 0.940 bits per heavy atom. The van der Waals surface area contributed by atoms with Crippen LogP contribution in [0.3, 0.4) is 0 Å². The van der Waals surface area contributed by atoms with E-state index in [1.807, 2.05) is 70.0 Å². The normalized spacial score (nSPS) is 18.9. The molecule has 20 nitrogen and oxygen atoms in total. The van der Waals surface area contributed by atoms with Gasteiger partial charge in [-0.05, 0) is 119 Å². The van der Waals surface area contributed by atoms with Crippen LogP contribution in [0.5, 0.6) is 0 Å². The van der Waals surface area contributed by atoms with E-state index in [0.717, 1.165) is 41.2 Å². The van der Waals surface area contributed by atoms with E-state index in [0.29, 0.717) is 75.0 Å². The van der Waals surface area contributed by atoms with Crippen LogP contribution in [0, 0.1) is 17.8 Å². The van der Waals surface area contributed by atoms with Crippen molar-refractivity contribution in [2.24, 2.45) is 23.5 Å². The number of nitrogens with two attached hydrogens (primary N) is 1. The molecule has 2 aliphatic heterocycles. The second-order valence-corrected chi connectivity index (χ2v) is 24.8. The van der Waals surface area contributed by atoms with Crippen molar-refractivity contribution < 1.29 is 53.0 Å². The maximum Gasteiger partial charge on any atom is 0.306 e. The molecule has 0 bridgehead atoms. The number of amides is 7. The summed E-state index contributed by atoms with van der Waals surface area (Å²) in [6, 6.07) is 3.85. The number of imide groups is 1. The van der Waals surface area contributed by atoms with Gasteiger partial charge in [-0.25, -0.2) is 4.98 Å². The van der Waals surface area contributed by atoms with Crippen LogP contribution in [0.25, 0.3) is 0 Å². The number of aromatic nitrogens is 1. The third-order valence-electron chi connectivity index (χ3n) is 15.7. The number of rotatable bonds is 33. The molecule has 83 heavy (non-hydrogen) atoms. The fraction of sp³-hybridized carbons (Fsp3) is 0.607. The fourth-order valence-corrected chi connectivity index (χ4v) is 12.6. The SMILES string of the molecule is CC[C@H](C)[C@H](NC(=O)[C@H]1CCCCN1C)C(=O)N(C)[C@H](C[C@@H](OC(C)=O)c1nc(C(=O)N[C@@H](Cc2ccc(NC(=O)[C@H](CCCCN)NC(=O)CCCCCN3C(=O)CC(SC4=CC=CC=CC4)C3=O)cc2)CC(C)C(=O)O)cs1)C(C)C. The Morgan fingerprint density at radius 2 is 1.69 bits per heavy atom. The molecule has 0 spiro atoms. The molecule has 2 aromatic rings. The van der Waals surface area contributed by atoms with Crippen LogP contribution in [0.15, 0.2) is 64.9 Å². The molecule has 0 saturated carbocycles. The van der Waals surface area contributed by atoms with Crippen molar-refractivity contribution in [3.8, 4) is 0 Å². The topological polar surface area (TPSA) is 280 Å². The lowest BCUT2D eigenvalue weighted by atomic mass is 9.92. The summed E-state index contributed by atoms with van der Waals surface area (Å²) < 4.78 is 5.84. The zero-order valence-corrected chi connectivity index (χ0v) is 51.3. The number of carboxylic acid groups (broad SMARTS) is 1. The predicted molar refractivity (Wildman–Crippen MR) is 323 cm³/mol. The zero-order valence-electron chi connectivity index (χ0n) is 49.7. The number of hydrogen-bond donors (Lipinski definition) is 6. The maximum absolute atomic E-state index is 14.4. The molecule has 3 heterocycles. The van der Waals surface area contributed by atoms with Crippen molar-refractivity contribution in [2.75, 3.05) is 39.0 Å². The summed E-state index contributed by atoms with van der Waals surface area (Å²) in [7, 11) is 3.62. The van der Waals surface area contributed by atoms with Crippen LogP contribution >= 0.6 is 23.1 Å². The molecule has 22 heteroatoms. The first-order valence-electron chi connectivity index (χ1n) is 29.5. The first-order chi connectivity index (χ1) is 39.6. The lowest BCUT2D eigenvalue weighted by molar-refractivity contribution is -0.149. The summed E-state index contributed by atoms with van der Waals surface area (Å²) in [5.74, 6) is -4.79. The number of carboxylic acids is 1. The summed E-state index contributed by atoms with van der Waals surface area (Å²) in [6.45, 7) is 12.2. The van der Waals surface area contributed by atoms with Gasteiger partial charge in [0, 0.05) is 62.9 Å². The van der Waals surface area contributed by atoms with Crippen LogP contribution in [0.2, 0.25) is 0 Å². The van der Waals surface area contributed by atoms with Gasteiger partial charge in [-0.15, -0.1) is 23.1 Å². The molecule has 3 aliphatic rings. The van der Waals surface area contributed by atoms with Gasteiger partial charge in [-0.1, -0.05) is 96.4 Å². The van der Waals surface area contributed by atoms with Gasteiger partial charge < -0.3 is 41.7 Å². The highest BCUT2D eigenvalue weighted by atomic mass is 32.2. The van der Waals surface area contributed by atoms with Crippen LogP contribution < -0.4 is 27.0 Å². The van der Waals surface area contributed by atoms with Gasteiger partial charge in [0.1, 0.15) is 22.8 Å². The van der Waals surface area contributed by atoms with E-state index in [9.17, 15) is 48.3 Å². The number of carbonyl (C=O) groups excluding carboxylic acids is 8. The third kappa shape index (κ3) is 21.1. The second-order valence-electron chi connectivity index (χ2n) is 22.6. The number of likely N-dealkylation sites (tertiary alicyclic amines) is 2. The number of nitrogens with one attached hydrogen (secondary N) is 4. The van der Waals surface area contributed by atoms with Crippen molar-refractivity contribution in [2.45, 2.75) is 186 Å². The Balaban J connectivity index is 1.18. The maximum atomic E-state index is 14.4. The number of piperidine rings is 1. The lowest BCUT2D eigenvalue weighted by Crippen LogP contribution is -2.58. The van der Waals surface area contributed by atoms with Gasteiger partial charge >= 0.3 is 11.9 Å². The number of anilines is 1. The van der Waals surface area contributed by atoms with Gasteiger partial charge in [-0.2, -0.15) is 0 Å². The Bertz CT molecular complexity index is 2640. The molecule has 0 radical (unpaired) electrons. The minimum Gasteiger partial charge on any atom is -0.481 e. The van der Waals surface area contributed by atoms with E-state index < -0.39 is 65.2 Å². The van der Waals surface area contributed by atoms with E-state index in [2.05, 4.69) is 26.3 Å². The summed E-state index contributed by atoms with van der Waals surface area (Å²) in [5, 5.41) is 23.2. The Morgan fingerprint density at radius 3 is 2.36 bits per heavy atom. The number of ether oxygens (including phenoxy) is 1. The van der Waals surface area contributed by atoms with Crippen molar-refractivity contribution in [1.29, 1.82) is 0 Å². The number of unbranched alkanes of at least 4 members (excludes halogenated alkanes) is 3. The first-order valence-corrected chi connectivity index (χ1v) is 31.2. The highest BCUT2D eigenvalue weighted by Crippen LogP contribution is 2.34. The van der Waals surface area contributed by atoms with E-state index in [4.69, 9.17) is 10.5 Å². The fourth-order valence-electron chi connectivity index (χ4n) is 10.5. The highest BCUT2D eigenvalue weighted by Gasteiger charge is 2.40. The summed E-state index contributed by atoms with van der Waals surface area (Å²) in [5.41, 5.74) is 6.98. The Kier molecular flexibility index (Phi) is 27.6. The number of esters is 1. The van der Waals surface area contributed by atoms with E-state index in [1.54, 1.807) is 48.5 Å². The Labute approximate surface area is 498 Å². The van der Waals surface area contributed by atoms with E-state index in [1.165, 1.54) is 23.6 Å². The smallest absolute Gasteiger partial charge is 0.306 e. The lowest BCUT2D eigenvalue weighted by Gasteiger charge is -2.38. The number of benzene rings is 1. The van der Waals surface area contributed by atoms with Crippen molar-refractivity contribution in [3.63, 3.8) is 0 Å². The first kappa shape index (κ1) is 67.6. The van der Waals surface area contributed by atoms with Crippen LogP contribution in [-0.2, 0) is 49.5 Å². The van der Waals surface area contributed by atoms with Gasteiger partial charge in [-0.3, -0.25) is 53.0 Å². The second kappa shape index (κ2) is 33.9. The van der Waals surface area contributed by atoms with Crippen molar-refractivity contribution in [3.05, 3.63) is 81.2 Å². The molecule has 1 aliphatic carbocycles. The van der Waals surface area contributed by atoms with Crippen LogP contribution in [0.1, 0.15) is 165 Å². The van der Waals surface area contributed by atoms with Crippen LogP contribution in [-0.4, -0.2) is 147 Å². The largest absolute Gasteiger partial charge is 0.481 e. The summed E-state index contributed by atoms with van der Waals surface area (Å²) in [4.78, 5) is 130. The number of nitrogens with zero attached hydrogens (tertiary/aromatic N) is 4. The molecular formula is C61H89N9O11S2. The monoisotopic (exact) mass is 1190 g/mol. The van der Waals surface area contributed by atoms with Gasteiger partial charge in [0.25, 0.3) is 5.91 Å². The number of carbonyl (C=O) groups is 9. The van der Waals surface area contributed by atoms with Crippen LogP contribution in [0.4, 0.5) is 5.69 Å². The predicted octanol–water partition coefficient (Wildman–Crippen LogP) is 7.46. The number of aliphatic carboxylic acids is 1. The van der Waals surface area contributed by atoms with E-state index >= 15 is 0 Å². The number of thioether (sulfide) groups is 1. The zero-order chi connectivity index (χ0) is 60.8. The molecular weight excluding hydrogens is 1100 g/mol. The van der Waals surface area contributed by atoms with E-state index in [-0.39, 0.29) is 91.8 Å². The van der Waals surface area contributed by atoms with Gasteiger partial charge in [0.05, 0.1) is 17.2 Å². The van der Waals surface area contributed by atoms with Gasteiger partial charge in [0.2, 0.25) is 35.4 Å². The molecule has 1 aromatic carbocycles. The average Bonchev–Trinajstić information content (AvgIpc) is 4.23. The molecule has 9 atom stereocenters. The highest BCUT2D eigenvalue weighted by molar-refractivity contribution is 8.04. The van der Waals surface area contributed by atoms with Crippen molar-refractivity contribution in [1.82, 2.24) is 35.6 Å². The molecule has 5 rings (SSSR count). The minimum atomic E-state index is -1.04. The molecule has 1 aromatic heterocycles. The summed E-state index contributed by atoms with van der Waals surface area (Å²) in [6.07, 6.45) is 16.9. The number of allylic oxidation sites excluding steroid dienone is 6. The molecule has 2 unspecified atom stereocenters. The molecule has 7 N–H and O–H groups in total. The number of thiazole rings is 1. The van der Waals surface area contributed by atoms with Gasteiger partial charge in [0.15, 0.2) is 6.10 Å². The number of likely N-dealkylation sites (N-methyl/N-ethyl adjacent to an activating group) is 2. The Hall–Kier alpha value is -6.23. The molecule has 456 valence electrons. The number of hydrogen-bond acceptors (Lipinski definition) is 15. The molecule has 2 saturated heterocycles. The molecule has 2 fully saturated rings.